The lowest BCUT2D eigenvalue weighted by Gasteiger charge is -2.21. The molecule has 1 heterocycles. The fourth-order valence-corrected chi connectivity index (χ4v) is 3.87. The predicted octanol–water partition coefficient (Wildman–Crippen LogP) is 1.13. The standard InChI is InChI=1S/C15H19NO5S/c1-22-14-10-12(21-15(18)16-10)13(11(14)17)20-8-19-7-9-5-3-2-4-6-9/h2-6,10-14,17H,7-8H2,1H3,(H,16,18)/t10-,11+,12+,13+,14+/m0/s1. The molecule has 120 valence electrons. The van der Waals surface area contributed by atoms with Crippen LogP contribution in [0.25, 0.3) is 0 Å². The molecule has 2 fully saturated rings. The fraction of sp³-hybridized carbons (Fsp3) is 0.533. The molecule has 1 saturated carbocycles. The molecule has 22 heavy (non-hydrogen) atoms. The highest BCUT2D eigenvalue weighted by atomic mass is 32.2. The number of carbonyl (C=O) groups excluding carboxylic acids is 1. The Bertz CT molecular complexity index is 514. The number of thioether (sulfide) groups is 1. The molecule has 5 atom stereocenters. The van der Waals surface area contributed by atoms with Gasteiger partial charge >= 0.3 is 6.09 Å². The van der Waals surface area contributed by atoms with Gasteiger partial charge in [0.1, 0.15) is 12.9 Å². The number of amides is 1. The Balaban J connectivity index is 1.52. The molecular formula is C15H19NO5S. The van der Waals surface area contributed by atoms with Crippen LogP contribution in [-0.2, 0) is 20.8 Å². The molecule has 7 heteroatoms. The molecule has 3 rings (SSSR count). The van der Waals surface area contributed by atoms with E-state index in [2.05, 4.69) is 5.32 Å². The van der Waals surface area contributed by atoms with E-state index in [-0.39, 0.29) is 18.1 Å². The lowest BCUT2D eigenvalue weighted by Crippen LogP contribution is -2.38. The van der Waals surface area contributed by atoms with Crippen molar-refractivity contribution in [3.05, 3.63) is 35.9 Å². The van der Waals surface area contributed by atoms with Crippen molar-refractivity contribution in [2.75, 3.05) is 13.0 Å². The number of hydrogen-bond donors (Lipinski definition) is 2. The molecule has 0 aromatic heterocycles. The zero-order valence-corrected chi connectivity index (χ0v) is 13.0. The minimum absolute atomic E-state index is 0.0402. The number of rotatable bonds is 6. The minimum atomic E-state index is -0.703. The summed E-state index contributed by atoms with van der Waals surface area (Å²) in [6, 6.07) is 9.53. The van der Waals surface area contributed by atoms with Crippen LogP contribution in [0.5, 0.6) is 0 Å². The molecule has 1 aromatic rings. The highest BCUT2D eigenvalue weighted by molar-refractivity contribution is 7.99. The van der Waals surface area contributed by atoms with Gasteiger partial charge in [-0.15, -0.1) is 0 Å². The summed E-state index contributed by atoms with van der Waals surface area (Å²) in [7, 11) is 0. The van der Waals surface area contributed by atoms with E-state index in [0.717, 1.165) is 5.56 Å². The molecular weight excluding hydrogens is 306 g/mol. The summed E-state index contributed by atoms with van der Waals surface area (Å²) in [6.07, 6.45) is -0.313. The van der Waals surface area contributed by atoms with Gasteiger partial charge in [0.25, 0.3) is 0 Å². The van der Waals surface area contributed by atoms with Gasteiger partial charge in [0.15, 0.2) is 6.10 Å². The smallest absolute Gasteiger partial charge is 0.407 e. The molecule has 0 bridgehead atoms. The van der Waals surface area contributed by atoms with Gasteiger partial charge in [-0.05, 0) is 11.8 Å². The highest BCUT2D eigenvalue weighted by Crippen LogP contribution is 2.36. The van der Waals surface area contributed by atoms with Gasteiger partial charge in [0, 0.05) is 0 Å². The summed E-state index contributed by atoms with van der Waals surface area (Å²) in [6.45, 7) is 0.472. The summed E-state index contributed by atoms with van der Waals surface area (Å²) in [5, 5.41) is 12.9. The molecule has 1 amide bonds. The SMILES string of the molecule is CS[C@H]1[C@H](O)[C@@H](OCOCc2ccccc2)[C@@H]2OC(=O)N[C@@H]21. The maximum absolute atomic E-state index is 11.4. The maximum atomic E-state index is 11.4. The summed E-state index contributed by atoms with van der Waals surface area (Å²) in [5.41, 5.74) is 1.05. The van der Waals surface area contributed by atoms with Crippen LogP contribution in [0.15, 0.2) is 30.3 Å². The zero-order chi connectivity index (χ0) is 15.5. The number of nitrogens with one attached hydrogen (secondary N) is 1. The van der Waals surface area contributed by atoms with Crippen molar-refractivity contribution in [2.45, 2.75) is 36.2 Å². The molecule has 1 saturated heterocycles. The summed E-state index contributed by atoms with van der Waals surface area (Å²) >= 11 is 1.49. The van der Waals surface area contributed by atoms with Crippen molar-refractivity contribution < 1.29 is 24.1 Å². The summed E-state index contributed by atoms with van der Waals surface area (Å²) in [4.78, 5) is 11.4. The van der Waals surface area contributed by atoms with Crippen LogP contribution in [0.1, 0.15) is 5.56 Å². The van der Waals surface area contributed by atoms with Gasteiger partial charge in [-0.2, -0.15) is 11.8 Å². The predicted molar refractivity (Wildman–Crippen MR) is 81.5 cm³/mol. The van der Waals surface area contributed by atoms with Gasteiger partial charge < -0.3 is 24.6 Å². The first-order chi connectivity index (χ1) is 10.7. The quantitative estimate of drug-likeness (QED) is 0.603. The lowest BCUT2D eigenvalue weighted by atomic mass is 10.2. The summed E-state index contributed by atoms with van der Waals surface area (Å²) in [5.74, 6) is 0. The third kappa shape index (κ3) is 3.08. The largest absolute Gasteiger partial charge is 0.441 e. The molecule has 0 spiro atoms. The van der Waals surface area contributed by atoms with Crippen LogP contribution >= 0.6 is 11.8 Å². The van der Waals surface area contributed by atoms with E-state index in [1.807, 2.05) is 36.6 Å². The van der Waals surface area contributed by atoms with E-state index in [1.165, 1.54) is 11.8 Å². The molecule has 6 nitrogen and oxygen atoms in total. The van der Waals surface area contributed by atoms with E-state index in [1.54, 1.807) is 0 Å². The first-order valence-corrected chi connectivity index (χ1v) is 8.41. The van der Waals surface area contributed by atoms with Gasteiger partial charge in [-0.1, -0.05) is 30.3 Å². The average molecular weight is 325 g/mol. The van der Waals surface area contributed by atoms with Crippen molar-refractivity contribution >= 4 is 17.9 Å². The van der Waals surface area contributed by atoms with Gasteiger partial charge in [0.2, 0.25) is 0 Å². The van der Waals surface area contributed by atoms with Crippen LogP contribution in [-0.4, -0.2) is 53.9 Å². The lowest BCUT2D eigenvalue weighted by molar-refractivity contribution is -0.142. The number of fused-ring (bicyclic) bond motifs is 1. The van der Waals surface area contributed by atoms with Crippen molar-refractivity contribution in [1.29, 1.82) is 0 Å². The number of alkyl carbamates (subject to hydrolysis) is 1. The second-order valence-corrected chi connectivity index (χ2v) is 6.33. The molecule has 1 aliphatic heterocycles. The highest BCUT2D eigenvalue weighted by Gasteiger charge is 2.56. The third-order valence-electron chi connectivity index (χ3n) is 3.96. The Labute approximate surface area is 133 Å². The Kier molecular flexibility index (Phi) is 4.87. The second kappa shape index (κ2) is 6.87. The van der Waals surface area contributed by atoms with Crippen LogP contribution in [0.4, 0.5) is 4.79 Å². The van der Waals surface area contributed by atoms with Crippen molar-refractivity contribution in [2.24, 2.45) is 0 Å². The molecule has 1 aliphatic carbocycles. The Morgan fingerprint density at radius 1 is 1.36 bits per heavy atom. The number of aliphatic hydroxyl groups is 1. The molecule has 2 N–H and O–H groups in total. The van der Waals surface area contributed by atoms with Crippen molar-refractivity contribution in [1.82, 2.24) is 5.32 Å². The Morgan fingerprint density at radius 2 is 2.14 bits per heavy atom. The number of aliphatic hydroxyl groups excluding tert-OH is 1. The van der Waals surface area contributed by atoms with Crippen molar-refractivity contribution in [3.8, 4) is 0 Å². The topological polar surface area (TPSA) is 77.0 Å². The molecule has 1 aromatic carbocycles. The van der Waals surface area contributed by atoms with Gasteiger partial charge in [-0.3, -0.25) is 0 Å². The number of hydrogen-bond acceptors (Lipinski definition) is 6. The van der Waals surface area contributed by atoms with Crippen LogP contribution in [0.3, 0.4) is 0 Å². The Hall–Kier alpha value is -1.28. The minimum Gasteiger partial charge on any atom is -0.441 e. The Morgan fingerprint density at radius 3 is 2.86 bits per heavy atom. The third-order valence-corrected chi connectivity index (χ3v) is 5.08. The van der Waals surface area contributed by atoms with E-state index in [4.69, 9.17) is 14.2 Å². The molecule has 0 radical (unpaired) electrons. The fourth-order valence-electron chi connectivity index (χ4n) is 2.92. The first-order valence-electron chi connectivity index (χ1n) is 7.12. The van der Waals surface area contributed by atoms with Crippen LogP contribution in [0.2, 0.25) is 0 Å². The maximum Gasteiger partial charge on any atom is 0.407 e. The number of benzene rings is 1. The van der Waals surface area contributed by atoms with Crippen LogP contribution in [0, 0.1) is 0 Å². The van der Waals surface area contributed by atoms with Gasteiger partial charge in [0.05, 0.1) is 24.0 Å². The number of carbonyl (C=O) groups is 1. The zero-order valence-electron chi connectivity index (χ0n) is 12.2. The average Bonchev–Trinajstić information content (AvgIpc) is 3.00. The van der Waals surface area contributed by atoms with E-state index in [9.17, 15) is 9.90 Å². The van der Waals surface area contributed by atoms with Crippen molar-refractivity contribution in [3.63, 3.8) is 0 Å². The van der Waals surface area contributed by atoms with Crippen LogP contribution < -0.4 is 5.32 Å². The molecule has 2 aliphatic rings. The first kappa shape index (κ1) is 15.6. The van der Waals surface area contributed by atoms with E-state index >= 15 is 0 Å². The summed E-state index contributed by atoms with van der Waals surface area (Å²) < 4.78 is 16.3. The second-order valence-electron chi connectivity index (χ2n) is 5.31. The van der Waals surface area contributed by atoms with E-state index < -0.39 is 24.4 Å². The van der Waals surface area contributed by atoms with E-state index in [0.29, 0.717) is 6.61 Å². The normalized spacial score (nSPS) is 33.4. The van der Waals surface area contributed by atoms with Gasteiger partial charge in [-0.25, -0.2) is 4.79 Å². The number of ether oxygens (including phenoxy) is 3. The monoisotopic (exact) mass is 325 g/mol. The molecule has 0 unspecified atom stereocenters.